The van der Waals surface area contributed by atoms with E-state index in [-0.39, 0.29) is 30.8 Å². The molecule has 2 aromatic carbocycles. The van der Waals surface area contributed by atoms with E-state index < -0.39 is 6.10 Å². The van der Waals surface area contributed by atoms with Crippen LogP contribution in [0, 0.1) is 0 Å². The highest BCUT2D eigenvalue weighted by Gasteiger charge is 2.30. The predicted octanol–water partition coefficient (Wildman–Crippen LogP) is 3.80. The number of carbonyl (C=O) groups excluding carboxylic acids is 1. The van der Waals surface area contributed by atoms with E-state index in [1.807, 2.05) is 60.7 Å². The maximum Gasteiger partial charge on any atom is 0.193 e. The summed E-state index contributed by atoms with van der Waals surface area (Å²) in [5, 5.41) is 12.5. The summed E-state index contributed by atoms with van der Waals surface area (Å²) in [4.78, 5) is 13.1. The van der Waals surface area contributed by atoms with E-state index >= 15 is 0 Å². The fraction of sp³-hybridized carbons (Fsp3) is 0.381. The number of hydrogen-bond donors (Lipinski definition) is 2. The average Bonchev–Trinajstić information content (AvgIpc) is 2.68. The second kappa shape index (κ2) is 12.6. The minimum Gasteiger partial charge on any atom is -0.396 e. The third-order valence-electron chi connectivity index (χ3n) is 3.99. The summed E-state index contributed by atoms with van der Waals surface area (Å²) in [6.45, 7) is 3.28. The van der Waals surface area contributed by atoms with Crippen molar-refractivity contribution in [3.05, 3.63) is 71.8 Å². The Bertz CT molecular complexity index is 622. The number of aliphatic hydroxyl groups excluding tert-OH is 1. The third-order valence-corrected chi connectivity index (χ3v) is 3.99. The lowest BCUT2D eigenvalue weighted by Crippen LogP contribution is -2.40. The molecule has 0 saturated carbocycles. The lowest BCUT2D eigenvalue weighted by molar-refractivity contribution is 0.0201. The zero-order chi connectivity index (χ0) is 17.9. The van der Waals surface area contributed by atoms with Crippen LogP contribution in [0.1, 0.15) is 41.7 Å². The van der Waals surface area contributed by atoms with Crippen LogP contribution in [0.25, 0.3) is 0 Å². The summed E-state index contributed by atoms with van der Waals surface area (Å²) in [5.41, 5.74) is 1.66. The van der Waals surface area contributed by atoms with Crippen LogP contribution in [-0.4, -0.2) is 36.8 Å². The monoisotopic (exact) mass is 377 g/mol. The number of benzene rings is 2. The van der Waals surface area contributed by atoms with Crippen LogP contribution < -0.4 is 5.32 Å². The molecule has 0 aliphatic carbocycles. The Hall–Kier alpha value is -1.72. The Morgan fingerprint density at radius 3 is 2.27 bits per heavy atom. The maximum absolute atomic E-state index is 13.1. The first-order chi connectivity index (χ1) is 12.3. The molecule has 0 heterocycles. The molecular formula is C21H28ClNO3. The minimum atomic E-state index is -0.636. The van der Waals surface area contributed by atoms with Crippen molar-refractivity contribution in [2.24, 2.45) is 0 Å². The van der Waals surface area contributed by atoms with Crippen molar-refractivity contribution in [2.75, 3.05) is 19.8 Å². The van der Waals surface area contributed by atoms with E-state index in [0.29, 0.717) is 18.6 Å². The topological polar surface area (TPSA) is 58.6 Å². The van der Waals surface area contributed by atoms with Gasteiger partial charge in [-0.05, 0) is 24.9 Å². The maximum atomic E-state index is 13.1. The van der Waals surface area contributed by atoms with Gasteiger partial charge in [0.05, 0.1) is 6.04 Å². The number of ketones is 1. The normalized spacial score (nSPS) is 12.8. The molecule has 2 rings (SSSR count). The van der Waals surface area contributed by atoms with Crippen LogP contribution in [-0.2, 0) is 4.74 Å². The molecule has 142 valence electrons. The van der Waals surface area contributed by atoms with Crippen LogP contribution in [0.3, 0.4) is 0 Å². The Morgan fingerprint density at radius 1 is 1.08 bits per heavy atom. The number of Topliss-reactive ketones (excluding diaryl/α,β-unsaturated/α-hetero) is 1. The summed E-state index contributed by atoms with van der Waals surface area (Å²) < 4.78 is 5.94. The molecule has 0 fully saturated rings. The zero-order valence-electron chi connectivity index (χ0n) is 15.1. The van der Waals surface area contributed by atoms with Gasteiger partial charge in [0.2, 0.25) is 0 Å². The Labute approximate surface area is 162 Å². The van der Waals surface area contributed by atoms with Gasteiger partial charge >= 0.3 is 0 Å². The molecular weight excluding hydrogens is 350 g/mol. The van der Waals surface area contributed by atoms with E-state index in [9.17, 15) is 4.79 Å². The first-order valence-electron chi connectivity index (χ1n) is 8.88. The van der Waals surface area contributed by atoms with Gasteiger partial charge < -0.3 is 15.2 Å². The molecule has 0 amide bonds. The third kappa shape index (κ3) is 6.54. The summed E-state index contributed by atoms with van der Waals surface area (Å²) in [6, 6.07) is 18.9. The van der Waals surface area contributed by atoms with E-state index in [0.717, 1.165) is 18.5 Å². The second-order valence-corrected chi connectivity index (χ2v) is 5.94. The van der Waals surface area contributed by atoms with E-state index in [4.69, 9.17) is 9.84 Å². The van der Waals surface area contributed by atoms with Gasteiger partial charge in [-0.3, -0.25) is 4.79 Å². The first-order valence-corrected chi connectivity index (χ1v) is 8.88. The van der Waals surface area contributed by atoms with Gasteiger partial charge in [0.1, 0.15) is 6.10 Å². The molecule has 0 spiro atoms. The highest BCUT2D eigenvalue weighted by Crippen LogP contribution is 2.23. The van der Waals surface area contributed by atoms with Crippen molar-refractivity contribution >= 4 is 18.2 Å². The molecule has 2 unspecified atom stereocenters. The molecule has 0 radical (unpaired) electrons. The van der Waals surface area contributed by atoms with Gasteiger partial charge in [-0.25, -0.2) is 0 Å². The molecule has 0 bridgehead atoms. The van der Waals surface area contributed by atoms with Crippen molar-refractivity contribution in [1.29, 1.82) is 0 Å². The van der Waals surface area contributed by atoms with Gasteiger partial charge in [0.25, 0.3) is 0 Å². The van der Waals surface area contributed by atoms with E-state index in [2.05, 4.69) is 12.2 Å². The molecule has 0 aromatic heterocycles. The molecule has 5 heteroatoms. The van der Waals surface area contributed by atoms with Crippen molar-refractivity contribution in [3.63, 3.8) is 0 Å². The fourth-order valence-electron chi connectivity index (χ4n) is 2.72. The molecule has 26 heavy (non-hydrogen) atoms. The molecule has 0 aliphatic rings. The van der Waals surface area contributed by atoms with Crippen molar-refractivity contribution < 1.29 is 14.6 Å². The van der Waals surface area contributed by atoms with Gasteiger partial charge in [-0.1, -0.05) is 67.6 Å². The lowest BCUT2D eigenvalue weighted by atomic mass is 9.94. The minimum absolute atomic E-state index is 0. The Balaban J connectivity index is 0.00000338. The number of ether oxygens (including phenoxy) is 1. The molecule has 0 aliphatic heterocycles. The van der Waals surface area contributed by atoms with Crippen LogP contribution >= 0.6 is 12.4 Å². The quantitative estimate of drug-likeness (QED) is 0.462. The smallest absolute Gasteiger partial charge is 0.193 e. The van der Waals surface area contributed by atoms with Gasteiger partial charge in [0, 0.05) is 18.8 Å². The number of rotatable bonds is 11. The molecule has 4 nitrogen and oxygen atoms in total. The number of aliphatic hydroxyl groups is 1. The summed E-state index contributed by atoms with van der Waals surface area (Å²) in [6.07, 6.45) is 0.836. The van der Waals surface area contributed by atoms with Crippen LogP contribution in [0.15, 0.2) is 60.7 Å². The zero-order valence-corrected chi connectivity index (χ0v) is 16.0. The lowest BCUT2D eigenvalue weighted by Gasteiger charge is -2.28. The standard InChI is InChI=1S/C21H27NO3.ClH/c1-2-14-22-19(17-10-5-3-6-11-17)21(25-16-9-15-23)20(24)18-12-7-4-8-13-18;/h3-8,10-13,19,21-23H,2,9,14-16H2,1H3;1H. The molecule has 0 saturated heterocycles. The predicted molar refractivity (Wildman–Crippen MR) is 107 cm³/mol. The van der Waals surface area contributed by atoms with Crippen molar-refractivity contribution in [2.45, 2.75) is 31.9 Å². The van der Waals surface area contributed by atoms with Crippen molar-refractivity contribution in [1.82, 2.24) is 5.32 Å². The first kappa shape index (κ1) is 22.3. The Kier molecular flexibility index (Phi) is 10.8. The highest BCUT2D eigenvalue weighted by atomic mass is 35.5. The SMILES string of the molecule is CCCNC(c1ccccc1)C(OCCCO)C(=O)c1ccccc1.Cl. The van der Waals surface area contributed by atoms with Gasteiger partial charge in [-0.2, -0.15) is 0 Å². The summed E-state index contributed by atoms with van der Waals surface area (Å²) in [7, 11) is 0. The van der Waals surface area contributed by atoms with E-state index in [1.165, 1.54) is 0 Å². The Morgan fingerprint density at radius 2 is 1.69 bits per heavy atom. The number of halogens is 1. The van der Waals surface area contributed by atoms with Crippen LogP contribution in [0.2, 0.25) is 0 Å². The van der Waals surface area contributed by atoms with E-state index in [1.54, 1.807) is 0 Å². The number of hydrogen-bond acceptors (Lipinski definition) is 4. The van der Waals surface area contributed by atoms with Crippen LogP contribution in [0.5, 0.6) is 0 Å². The fourth-order valence-corrected chi connectivity index (χ4v) is 2.72. The van der Waals surface area contributed by atoms with Crippen molar-refractivity contribution in [3.8, 4) is 0 Å². The van der Waals surface area contributed by atoms with Gasteiger partial charge in [0.15, 0.2) is 5.78 Å². The average molecular weight is 378 g/mol. The van der Waals surface area contributed by atoms with Crippen LogP contribution in [0.4, 0.5) is 0 Å². The second-order valence-electron chi connectivity index (χ2n) is 5.94. The molecule has 2 N–H and O–H groups in total. The highest BCUT2D eigenvalue weighted by molar-refractivity contribution is 6.00. The summed E-state index contributed by atoms with van der Waals surface area (Å²) in [5.74, 6) is -0.0454. The summed E-state index contributed by atoms with van der Waals surface area (Å²) >= 11 is 0. The molecule has 2 atom stereocenters. The van der Waals surface area contributed by atoms with Gasteiger partial charge in [-0.15, -0.1) is 12.4 Å². The largest absolute Gasteiger partial charge is 0.396 e. The number of nitrogens with one attached hydrogen (secondary N) is 1. The number of carbonyl (C=O) groups is 1. The molecule has 2 aromatic rings.